The molecule has 1 aliphatic heterocycles. The third-order valence-corrected chi connectivity index (χ3v) is 8.65. The maximum atomic E-state index is 13.6. The number of benzene rings is 2. The van der Waals surface area contributed by atoms with E-state index in [1.54, 1.807) is 7.05 Å². The summed E-state index contributed by atoms with van der Waals surface area (Å²) in [5.74, 6) is -1.20. The van der Waals surface area contributed by atoms with E-state index in [9.17, 15) is 36.5 Å². The number of likely N-dealkylation sites (N-methyl/N-ethyl adjacent to an activating group) is 1. The van der Waals surface area contributed by atoms with Gasteiger partial charge in [-0.05, 0) is 49.9 Å². The molecule has 4 N–H and O–H groups in total. The smallest absolute Gasteiger partial charge is 0.419 e. The Morgan fingerprint density at radius 3 is 2.41 bits per heavy atom. The van der Waals surface area contributed by atoms with Gasteiger partial charge in [0, 0.05) is 36.5 Å². The molecule has 4 rings (SSSR count). The van der Waals surface area contributed by atoms with Gasteiger partial charge in [-0.25, -0.2) is 8.42 Å². The molecule has 1 amide bonds. The van der Waals surface area contributed by atoms with Crippen molar-refractivity contribution < 1.29 is 36.0 Å². The van der Waals surface area contributed by atoms with Crippen LogP contribution in [0.3, 0.4) is 0 Å². The molecule has 16 heteroatoms. The number of amides is 1. The summed E-state index contributed by atoms with van der Waals surface area (Å²) in [4.78, 5) is 23.9. The lowest BCUT2D eigenvalue weighted by molar-refractivity contribution is -0.383. The monoisotopic (exact) mass is 585 g/mol. The van der Waals surface area contributed by atoms with Crippen LogP contribution in [0.15, 0.2) is 52.7 Å². The van der Waals surface area contributed by atoms with Crippen molar-refractivity contribution in [3.63, 3.8) is 0 Å². The number of nitrogens with zero attached hydrogens (tertiary/aromatic N) is 2. The molecule has 1 unspecified atom stereocenters. The van der Waals surface area contributed by atoms with Crippen LogP contribution in [0.4, 0.5) is 35.2 Å². The van der Waals surface area contributed by atoms with Gasteiger partial charge in [0.05, 0.1) is 16.2 Å². The van der Waals surface area contributed by atoms with Crippen LogP contribution < -0.4 is 20.5 Å². The van der Waals surface area contributed by atoms with Crippen molar-refractivity contribution in [2.24, 2.45) is 5.73 Å². The van der Waals surface area contributed by atoms with Crippen molar-refractivity contribution in [2.45, 2.75) is 22.9 Å². The maximum absolute atomic E-state index is 13.6. The van der Waals surface area contributed by atoms with Gasteiger partial charge in [0.2, 0.25) is 5.91 Å². The fourth-order valence-electron chi connectivity index (χ4n) is 3.86. The van der Waals surface area contributed by atoms with Gasteiger partial charge >= 0.3 is 11.9 Å². The fourth-order valence-corrected chi connectivity index (χ4v) is 6.26. The van der Waals surface area contributed by atoms with Gasteiger partial charge in [-0.3, -0.25) is 19.6 Å². The standard InChI is InChI=1S/C23H22F3N5O6S2/c1-30-9-8-16(12-30)37-19-10-15(6-7-17(19)23(24,25)26)29-39(35,36)20-11-18(31(33)34)22(38-20)28-14-4-2-13(3-5-14)21(27)32/h2-7,10-11,16,28-29H,8-9,12H2,1H3,(H2,27,32). The average molecular weight is 586 g/mol. The molecule has 0 saturated carbocycles. The van der Waals surface area contributed by atoms with Crippen molar-refractivity contribution in [3.8, 4) is 5.75 Å². The number of ether oxygens (including phenoxy) is 1. The molecule has 11 nitrogen and oxygen atoms in total. The minimum Gasteiger partial charge on any atom is -0.488 e. The maximum Gasteiger partial charge on any atom is 0.419 e. The van der Waals surface area contributed by atoms with Gasteiger partial charge < -0.3 is 20.7 Å². The molecule has 1 aromatic heterocycles. The second-order valence-corrected chi connectivity index (χ2v) is 11.7. The Bertz CT molecular complexity index is 1510. The Morgan fingerprint density at radius 2 is 1.85 bits per heavy atom. The van der Waals surface area contributed by atoms with Crippen LogP contribution in [0.1, 0.15) is 22.3 Å². The number of nitrogens with one attached hydrogen (secondary N) is 2. The first-order valence-electron chi connectivity index (χ1n) is 11.3. The molecule has 3 aromatic rings. The van der Waals surface area contributed by atoms with E-state index in [2.05, 4.69) is 10.0 Å². The Labute approximate surface area is 224 Å². The van der Waals surface area contributed by atoms with E-state index in [-0.39, 0.29) is 16.3 Å². The normalized spacial score (nSPS) is 16.2. The topological polar surface area (TPSA) is 157 Å². The summed E-state index contributed by atoms with van der Waals surface area (Å²) < 4.78 is 74.2. The number of nitro groups is 1. The van der Waals surface area contributed by atoms with Crippen molar-refractivity contribution in [3.05, 3.63) is 69.8 Å². The Balaban J connectivity index is 1.61. The minimum absolute atomic E-state index is 0.117. The molecule has 1 fully saturated rings. The highest BCUT2D eigenvalue weighted by atomic mass is 32.2. The van der Waals surface area contributed by atoms with Gasteiger partial charge in [-0.1, -0.05) is 11.3 Å². The number of hydrogen-bond acceptors (Lipinski definition) is 9. The number of nitrogens with two attached hydrogens (primary N) is 1. The number of likely N-dealkylation sites (tertiary alicyclic amines) is 1. The molecule has 2 heterocycles. The Hall–Kier alpha value is -3.89. The van der Waals surface area contributed by atoms with Crippen LogP contribution in [-0.2, 0) is 16.2 Å². The summed E-state index contributed by atoms with van der Waals surface area (Å²) in [6.07, 6.45) is -4.74. The van der Waals surface area contributed by atoms with Crippen molar-refractivity contribution in [1.29, 1.82) is 0 Å². The predicted molar refractivity (Wildman–Crippen MR) is 138 cm³/mol. The largest absolute Gasteiger partial charge is 0.488 e. The number of thiophene rings is 1. The van der Waals surface area contributed by atoms with Crippen molar-refractivity contribution >= 4 is 49.3 Å². The first kappa shape index (κ1) is 28.1. The molecule has 39 heavy (non-hydrogen) atoms. The summed E-state index contributed by atoms with van der Waals surface area (Å²) >= 11 is 0.546. The van der Waals surface area contributed by atoms with Crippen LogP contribution in [0.5, 0.6) is 5.75 Å². The molecule has 0 bridgehead atoms. The molecule has 0 spiro atoms. The fraction of sp³-hybridized carbons (Fsp3) is 0.261. The van der Waals surface area contributed by atoms with Crippen molar-refractivity contribution in [2.75, 3.05) is 30.2 Å². The van der Waals surface area contributed by atoms with E-state index in [1.165, 1.54) is 24.3 Å². The van der Waals surface area contributed by atoms with Crippen LogP contribution >= 0.6 is 11.3 Å². The van der Waals surface area contributed by atoms with Crippen LogP contribution in [0, 0.1) is 10.1 Å². The summed E-state index contributed by atoms with van der Waals surface area (Å²) in [5.41, 5.74) is 3.91. The zero-order chi connectivity index (χ0) is 28.5. The van der Waals surface area contributed by atoms with Crippen molar-refractivity contribution in [1.82, 2.24) is 4.90 Å². The first-order chi connectivity index (χ1) is 18.2. The molecular formula is C23H22F3N5O6S2. The number of halogens is 3. The number of primary amides is 1. The molecule has 208 valence electrons. The second kappa shape index (κ2) is 10.7. The van der Waals surface area contributed by atoms with Gasteiger partial charge in [-0.15, -0.1) is 0 Å². The third-order valence-electron chi connectivity index (χ3n) is 5.76. The zero-order valence-electron chi connectivity index (χ0n) is 20.2. The lowest BCUT2D eigenvalue weighted by Crippen LogP contribution is -2.23. The number of anilines is 3. The lowest BCUT2D eigenvalue weighted by Gasteiger charge is -2.19. The lowest BCUT2D eigenvalue weighted by atomic mass is 10.1. The van der Waals surface area contributed by atoms with E-state index in [4.69, 9.17) is 10.5 Å². The van der Waals surface area contributed by atoms with Gasteiger partial charge in [0.15, 0.2) is 5.00 Å². The zero-order valence-corrected chi connectivity index (χ0v) is 21.8. The average Bonchev–Trinajstić information content (AvgIpc) is 3.45. The van der Waals surface area contributed by atoms with Gasteiger partial charge in [-0.2, -0.15) is 13.2 Å². The number of carbonyl (C=O) groups is 1. The van der Waals surface area contributed by atoms with Gasteiger partial charge in [0.25, 0.3) is 10.0 Å². The number of carbonyl (C=O) groups excluding carboxylic acids is 1. The second-order valence-electron chi connectivity index (χ2n) is 8.71. The van der Waals surface area contributed by atoms with Gasteiger partial charge in [0.1, 0.15) is 16.1 Å². The molecule has 0 aliphatic carbocycles. The Morgan fingerprint density at radius 1 is 1.18 bits per heavy atom. The molecule has 0 radical (unpaired) electrons. The SMILES string of the molecule is CN1CCC(Oc2cc(NS(=O)(=O)c3cc([N+](=O)[O-])c(Nc4ccc(C(N)=O)cc4)s3)ccc2C(F)(F)F)C1. The Kier molecular flexibility index (Phi) is 7.72. The quantitative estimate of drug-likeness (QED) is 0.246. The third kappa shape index (κ3) is 6.58. The summed E-state index contributed by atoms with van der Waals surface area (Å²) in [6, 6.07) is 9.07. The van der Waals surface area contributed by atoms with E-state index in [0.717, 1.165) is 18.2 Å². The number of sulfonamides is 1. The van der Waals surface area contributed by atoms with Crippen LogP contribution in [0.2, 0.25) is 0 Å². The minimum atomic E-state index is -4.73. The van der Waals surface area contributed by atoms with E-state index < -0.39 is 54.3 Å². The molecule has 2 aromatic carbocycles. The predicted octanol–water partition coefficient (Wildman–Crippen LogP) is 4.40. The molecule has 1 aliphatic rings. The molecule has 1 atom stereocenters. The van der Waals surface area contributed by atoms with E-state index in [1.807, 2.05) is 4.90 Å². The summed E-state index contributed by atoms with van der Waals surface area (Å²) in [7, 11) is -2.64. The van der Waals surface area contributed by atoms with E-state index >= 15 is 0 Å². The molecule has 1 saturated heterocycles. The van der Waals surface area contributed by atoms with Crippen LogP contribution in [-0.4, -0.2) is 50.4 Å². The summed E-state index contributed by atoms with van der Waals surface area (Å²) in [6.45, 7) is 1.05. The molecular weight excluding hydrogens is 563 g/mol. The number of hydrogen-bond donors (Lipinski definition) is 3. The highest BCUT2D eigenvalue weighted by molar-refractivity contribution is 7.94. The first-order valence-corrected chi connectivity index (χ1v) is 13.6. The van der Waals surface area contributed by atoms with E-state index in [0.29, 0.717) is 42.6 Å². The number of alkyl halides is 3. The highest BCUT2D eigenvalue weighted by Crippen LogP contribution is 2.41. The number of rotatable bonds is 9. The summed E-state index contributed by atoms with van der Waals surface area (Å²) in [5, 5.41) is 14.2. The van der Waals surface area contributed by atoms with Crippen LogP contribution in [0.25, 0.3) is 0 Å². The highest BCUT2D eigenvalue weighted by Gasteiger charge is 2.36.